The lowest BCUT2D eigenvalue weighted by molar-refractivity contribution is 0.144. The molecule has 0 heterocycles. The van der Waals surface area contributed by atoms with E-state index in [0.29, 0.717) is 37.0 Å². The molecule has 0 bridgehead atoms. The molecule has 0 aromatic heterocycles. The summed E-state index contributed by atoms with van der Waals surface area (Å²) in [5.74, 6) is 1.95. The molecule has 0 spiro atoms. The summed E-state index contributed by atoms with van der Waals surface area (Å²) in [6.07, 6.45) is 0.740. The molecule has 102 valence electrons. The summed E-state index contributed by atoms with van der Waals surface area (Å²) in [6.45, 7) is 1.70. The molecular formula is C13H21NO4. The Morgan fingerprint density at radius 2 is 1.67 bits per heavy atom. The van der Waals surface area contributed by atoms with Crippen LogP contribution in [0.25, 0.3) is 0 Å². The lowest BCUT2D eigenvalue weighted by Gasteiger charge is -2.15. The minimum atomic E-state index is 0.531. The Morgan fingerprint density at radius 3 is 2.22 bits per heavy atom. The van der Waals surface area contributed by atoms with Crippen LogP contribution in [0.2, 0.25) is 0 Å². The van der Waals surface area contributed by atoms with Crippen molar-refractivity contribution < 1.29 is 18.9 Å². The Hall–Kier alpha value is -1.46. The van der Waals surface area contributed by atoms with Crippen molar-refractivity contribution in [2.24, 2.45) is 5.73 Å². The van der Waals surface area contributed by atoms with E-state index in [9.17, 15) is 0 Å². The fourth-order valence-corrected chi connectivity index (χ4v) is 1.73. The van der Waals surface area contributed by atoms with Gasteiger partial charge in [-0.05, 0) is 12.5 Å². The van der Waals surface area contributed by atoms with Crippen LogP contribution in [0.1, 0.15) is 5.56 Å². The summed E-state index contributed by atoms with van der Waals surface area (Å²) in [5, 5.41) is 0. The first-order valence-corrected chi connectivity index (χ1v) is 5.84. The molecular weight excluding hydrogens is 234 g/mol. The van der Waals surface area contributed by atoms with E-state index in [1.807, 2.05) is 12.1 Å². The number of methoxy groups -OCH3 is 3. The van der Waals surface area contributed by atoms with Crippen molar-refractivity contribution in [3.05, 3.63) is 17.7 Å². The topological polar surface area (TPSA) is 62.9 Å². The van der Waals surface area contributed by atoms with E-state index in [4.69, 9.17) is 24.7 Å². The number of hydrogen-bond acceptors (Lipinski definition) is 5. The number of nitrogens with two attached hydrogens (primary N) is 1. The zero-order valence-electron chi connectivity index (χ0n) is 11.2. The van der Waals surface area contributed by atoms with Gasteiger partial charge in [0.1, 0.15) is 0 Å². The SMILES string of the molecule is COc1ccc(CCOCCN)c(OC)c1OC. The van der Waals surface area contributed by atoms with Crippen LogP contribution in [0.5, 0.6) is 17.2 Å². The van der Waals surface area contributed by atoms with E-state index in [0.717, 1.165) is 12.0 Å². The first-order valence-electron chi connectivity index (χ1n) is 5.84. The smallest absolute Gasteiger partial charge is 0.203 e. The molecule has 1 aromatic rings. The van der Waals surface area contributed by atoms with Gasteiger partial charge < -0.3 is 24.7 Å². The minimum Gasteiger partial charge on any atom is -0.493 e. The average molecular weight is 255 g/mol. The van der Waals surface area contributed by atoms with Crippen molar-refractivity contribution in [2.75, 3.05) is 41.1 Å². The van der Waals surface area contributed by atoms with Gasteiger partial charge in [-0.3, -0.25) is 0 Å². The third-order valence-electron chi connectivity index (χ3n) is 2.56. The number of benzene rings is 1. The molecule has 5 nitrogen and oxygen atoms in total. The molecule has 0 fully saturated rings. The van der Waals surface area contributed by atoms with Crippen LogP contribution >= 0.6 is 0 Å². The predicted octanol–water partition coefficient (Wildman–Crippen LogP) is 1.23. The quantitative estimate of drug-likeness (QED) is 0.708. The average Bonchev–Trinajstić information content (AvgIpc) is 2.42. The first-order chi connectivity index (χ1) is 8.78. The summed E-state index contributed by atoms with van der Waals surface area (Å²) < 4.78 is 21.3. The third kappa shape index (κ3) is 3.51. The Bertz CT molecular complexity index is 368. The highest BCUT2D eigenvalue weighted by Crippen LogP contribution is 2.39. The Morgan fingerprint density at radius 1 is 0.944 bits per heavy atom. The molecule has 0 radical (unpaired) electrons. The molecule has 1 aromatic carbocycles. The van der Waals surface area contributed by atoms with E-state index in [2.05, 4.69) is 0 Å². The highest BCUT2D eigenvalue weighted by atomic mass is 16.5. The van der Waals surface area contributed by atoms with E-state index in [1.54, 1.807) is 21.3 Å². The van der Waals surface area contributed by atoms with Gasteiger partial charge in [-0.1, -0.05) is 6.07 Å². The van der Waals surface area contributed by atoms with Gasteiger partial charge in [-0.15, -0.1) is 0 Å². The molecule has 0 unspecified atom stereocenters. The molecule has 0 aliphatic heterocycles. The molecule has 0 amide bonds. The fraction of sp³-hybridized carbons (Fsp3) is 0.538. The van der Waals surface area contributed by atoms with Gasteiger partial charge in [0, 0.05) is 12.1 Å². The second-order valence-corrected chi connectivity index (χ2v) is 3.64. The number of ether oxygens (including phenoxy) is 4. The van der Waals surface area contributed by atoms with Gasteiger partial charge in [-0.25, -0.2) is 0 Å². The molecule has 0 saturated carbocycles. The van der Waals surface area contributed by atoms with Crippen molar-refractivity contribution >= 4 is 0 Å². The van der Waals surface area contributed by atoms with E-state index < -0.39 is 0 Å². The maximum atomic E-state index is 5.38. The molecule has 1 rings (SSSR count). The monoisotopic (exact) mass is 255 g/mol. The Balaban J connectivity index is 2.84. The number of hydrogen-bond donors (Lipinski definition) is 1. The maximum absolute atomic E-state index is 5.38. The van der Waals surface area contributed by atoms with Gasteiger partial charge in [0.2, 0.25) is 5.75 Å². The number of rotatable bonds is 8. The second-order valence-electron chi connectivity index (χ2n) is 3.64. The van der Waals surface area contributed by atoms with Crippen LogP contribution in [-0.2, 0) is 11.2 Å². The van der Waals surface area contributed by atoms with Crippen molar-refractivity contribution in [2.45, 2.75) is 6.42 Å². The third-order valence-corrected chi connectivity index (χ3v) is 2.56. The van der Waals surface area contributed by atoms with Crippen LogP contribution in [0.15, 0.2) is 12.1 Å². The highest BCUT2D eigenvalue weighted by molar-refractivity contribution is 5.55. The summed E-state index contributed by atoms with van der Waals surface area (Å²) in [4.78, 5) is 0. The van der Waals surface area contributed by atoms with Crippen molar-refractivity contribution in [1.82, 2.24) is 0 Å². The van der Waals surface area contributed by atoms with Crippen LogP contribution in [0, 0.1) is 0 Å². The van der Waals surface area contributed by atoms with Crippen LogP contribution in [0.3, 0.4) is 0 Å². The fourth-order valence-electron chi connectivity index (χ4n) is 1.73. The lowest BCUT2D eigenvalue weighted by atomic mass is 10.1. The van der Waals surface area contributed by atoms with Gasteiger partial charge in [0.05, 0.1) is 34.5 Å². The minimum absolute atomic E-state index is 0.531. The lowest BCUT2D eigenvalue weighted by Crippen LogP contribution is -2.10. The second kappa shape index (κ2) is 7.79. The van der Waals surface area contributed by atoms with Crippen molar-refractivity contribution in [3.8, 4) is 17.2 Å². The molecule has 18 heavy (non-hydrogen) atoms. The largest absolute Gasteiger partial charge is 0.493 e. The summed E-state index contributed by atoms with van der Waals surface area (Å²) in [7, 11) is 4.80. The van der Waals surface area contributed by atoms with E-state index in [-0.39, 0.29) is 0 Å². The standard InChI is InChI=1S/C13H21NO4/c1-15-11-5-4-10(6-8-18-9-7-14)12(16-2)13(11)17-3/h4-5H,6-9,14H2,1-3H3. The van der Waals surface area contributed by atoms with Crippen LogP contribution in [-0.4, -0.2) is 41.1 Å². The summed E-state index contributed by atoms with van der Waals surface area (Å²) in [5.41, 5.74) is 6.38. The van der Waals surface area contributed by atoms with Crippen molar-refractivity contribution in [1.29, 1.82) is 0 Å². The van der Waals surface area contributed by atoms with Crippen molar-refractivity contribution in [3.63, 3.8) is 0 Å². The maximum Gasteiger partial charge on any atom is 0.203 e. The highest BCUT2D eigenvalue weighted by Gasteiger charge is 2.15. The molecule has 0 atom stereocenters. The predicted molar refractivity (Wildman–Crippen MR) is 69.7 cm³/mol. The van der Waals surface area contributed by atoms with Crippen LogP contribution < -0.4 is 19.9 Å². The Labute approximate surface area is 108 Å². The zero-order valence-corrected chi connectivity index (χ0v) is 11.2. The van der Waals surface area contributed by atoms with E-state index >= 15 is 0 Å². The van der Waals surface area contributed by atoms with Gasteiger partial charge in [0.25, 0.3) is 0 Å². The molecule has 5 heteroatoms. The summed E-state index contributed by atoms with van der Waals surface area (Å²) >= 11 is 0. The molecule has 0 aliphatic rings. The Kier molecular flexibility index (Phi) is 6.32. The van der Waals surface area contributed by atoms with Crippen LogP contribution in [0.4, 0.5) is 0 Å². The van der Waals surface area contributed by atoms with E-state index in [1.165, 1.54) is 0 Å². The molecule has 0 aliphatic carbocycles. The molecule has 2 N–H and O–H groups in total. The summed E-state index contributed by atoms with van der Waals surface area (Å²) in [6, 6.07) is 3.81. The zero-order chi connectivity index (χ0) is 13.4. The normalized spacial score (nSPS) is 10.2. The van der Waals surface area contributed by atoms with Gasteiger partial charge in [0.15, 0.2) is 11.5 Å². The van der Waals surface area contributed by atoms with Gasteiger partial charge >= 0.3 is 0 Å². The first kappa shape index (κ1) is 14.6. The molecule has 0 saturated heterocycles. The van der Waals surface area contributed by atoms with Gasteiger partial charge in [-0.2, -0.15) is 0 Å².